The van der Waals surface area contributed by atoms with E-state index in [1.165, 1.54) is 6.92 Å². The summed E-state index contributed by atoms with van der Waals surface area (Å²) >= 11 is 0. The van der Waals surface area contributed by atoms with Crippen LogP contribution in [0.2, 0.25) is 0 Å². The first-order valence-electron chi connectivity index (χ1n) is 6.14. The van der Waals surface area contributed by atoms with Crippen LogP contribution < -0.4 is 0 Å². The third kappa shape index (κ3) is 2.62. The van der Waals surface area contributed by atoms with Gasteiger partial charge < -0.3 is 5.11 Å². The van der Waals surface area contributed by atoms with Crippen molar-refractivity contribution in [1.29, 1.82) is 5.26 Å². The summed E-state index contributed by atoms with van der Waals surface area (Å²) in [5, 5.41) is 17.9. The third-order valence-corrected chi connectivity index (χ3v) is 5.49. The monoisotopic (exact) mass is 312 g/mol. The SMILES string of the molecule is CC1(C(=O)O)CCN(S(=O)(=O)c2ccc(F)c(C#N)c2)C1. The molecule has 21 heavy (non-hydrogen) atoms. The molecule has 1 N–H and O–H groups in total. The van der Waals surface area contributed by atoms with Crippen LogP contribution in [0.4, 0.5) is 4.39 Å². The molecule has 0 amide bonds. The van der Waals surface area contributed by atoms with E-state index < -0.39 is 27.2 Å². The molecule has 1 atom stereocenters. The van der Waals surface area contributed by atoms with Gasteiger partial charge in [0.05, 0.1) is 15.9 Å². The van der Waals surface area contributed by atoms with Crippen molar-refractivity contribution in [2.45, 2.75) is 18.2 Å². The largest absolute Gasteiger partial charge is 0.481 e. The lowest BCUT2D eigenvalue weighted by Crippen LogP contribution is -2.34. The first-order valence-corrected chi connectivity index (χ1v) is 7.58. The van der Waals surface area contributed by atoms with Crippen molar-refractivity contribution >= 4 is 16.0 Å². The number of benzene rings is 1. The van der Waals surface area contributed by atoms with Crippen LogP contribution in [0.3, 0.4) is 0 Å². The molecular weight excluding hydrogens is 299 g/mol. The van der Waals surface area contributed by atoms with Gasteiger partial charge in [0.15, 0.2) is 0 Å². The Balaban J connectivity index is 2.37. The molecular formula is C13H13FN2O4S. The molecule has 1 heterocycles. The van der Waals surface area contributed by atoms with Gasteiger partial charge in [-0.25, -0.2) is 12.8 Å². The summed E-state index contributed by atoms with van der Waals surface area (Å²) in [5.41, 5.74) is -1.50. The maximum atomic E-state index is 13.3. The van der Waals surface area contributed by atoms with E-state index in [-0.39, 0.29) is 30.0 Å². The molecule has 0 aliphatic carbocycles. The van der Waals surface area contributed by atoms with E-state index in [0.29, 0.717) is 0 Å². The molecule has 0 aromatic heterocycles. The minimum Gasteiger partial charge on any atom is -0.481 e. The van der Waals surface area contributed by atoms with Crippen LogP contribution >= 0.6 is 0 Å². The Labute approximate surface area is 121 Å². The average molecular weight is 312 g/mol. The minimum atomic E-state index is -3.94. The first-order chi connectivity index (χ1) is 9.70. The molecule has 8 heteroatoms. The van der Waals surface area contributed by atoms with Crippen molar-refractivity contribution in [2.24, 2.45) is 5.41 Å². The van der Waals surface area contributed by atoms with Crippen molar-refractivity contribution in [3.8, 4) is 6.07 Å². The highest BCUT2D eigenvalue weighted by molar-refractivity contribution is 7.89. The fraction of sp³-hybridized carbons (Fsp3) is 0.385. The number of carboxylic acid groups (broad SMARTS) is 1. The van der Waals surface area contributed by atoms with Crippen LogP contribution in [-0.4, -0.2) is 36.9 Å². The maximum absolute atomic E-state index is 13.3. The Hall–Kier alpha value is -1.98. The highest BCUT2D eigenvalue weighted by atomic mass is 32.2. The zero-order valence-electron chi connectivity index (χ0n) is 11.2. The summed E-state index contributed by atoms with van der Waals surface area (Å²) in [4.78, 5) is 11.0. The normalized spacial score (nSPS) is 22.9. The van der Waals surface area contributed by atoms with Crippen LogP contribution in [0.25, 0.3) is 0 Å². The van der Waals surface area contributed by atoms with Crippen molar-refractivity contribution in [2.75, 3.05) is 13.1 Å². The van der Waals surface area contributed by atoms with Gasteiger partial charge in [-0.05, 0) is 31.5 Å². The van der Waals surface area contributed by atoms with Gasteiger partial charge in [0, 0.05) is 13.1 Å². The van der Waals surface area contributed by atoms with Crippen LogP contribution in [-0.2, 0) is 14.8 Å². The summed E-state index contributed by atoms with van der Waals surface area (Å²) in [6, 6.07) is 4.53. The predicted molar refractivity (Wildman–Crippen MR) is 70.2 cm³/mol. The number of nitriles is 1. The summed E-state index contributed by atoms with van der Waals surface area (Å²) in [6.07, 6.45) is 0.202. The Kier molecular flexibility index (Phi) is 3.74. The lowest BCUT2D eigenvalue weighted by Gasteiger charge is -2.20. The number of rotatable bonds is 3. The Morgan fingerprint density at radius 3 is 2.71 bits per heavy atom. The Morgan fingerprint density at radius 1 is 1.52 bits per heavy atom. The summed E-state index contributed by atoms with van der Waals surface area (Å²) in [6.45, 7) is 1.41. The van der Waals surface area contributed by atoms with Crippen LogP contribution in [0.5, 0.6) is 0 Å². The Bertz CT molecular complexity index is 741. The molecule has 1 aliphatic heterocycles. The van der Waals surface area contributed by atoms with Crippen LogP contribution in [0, 0.1) is 22.6 Å². The summed E-state index contributed by atoms with van der Waals surface area (Å²) in [5.74, 6) is -1.86. The molecule has 112 valence electrons. The maximum Gasteiger partial charge on any atom is 0.310 e. The number of hydrogen-bond acceptors (Lipinski definition) is 4. The van der Waals surface area contributed by atoms with Crippen LogP contribution in [0.15, 0.2) is 23.1 Å². The number of hydrogen-bond donors (Lipinski definition) is 1. The van der Waals surface area contributed by atoms with E-state index in [9.17, 15) is 17.6 Å². The predicted octanol–water partition coefficient (Wildman–Crippen LogP) is 1.18. The molecule has 1 unspecified atom stereocenters. The van der Waals surface area contributed by atoms with E-state index in [2.05, 4.69) is 0 Å². The van der Waals surface area contributed by atoms with Crippen molar-refractivity contribution in [3.63, 3.8) is 0 Å². The van der Waals surface area contributed by atoms with Crippen molar-refractivity contribution in [3.05, 3.63) is 29.6 Å². The molecule has 6 nitrogen and oxygen atoms in total. The summed E-state index contributed by atoms with van der Waals surface area (Å²) < 4.78 is 39.2. The lowest BCUT2D eigenvalue weighted by atomic mass is 9.90. The van der Waals surface area contributed by atoms with Crippen LogP contribution in [0.1, 0.15) is 18.9 Å². The van der Waals surface area contributed by atoms with Crippen molar-refractivity contribution in [1.82, 2.24) is 4.31 Å². The summed E-state index contributed by atoms with van der Waals surface area (Å²) in [7, 11) is -3.94. The minimum absolute atomic E-state index is 0.0738. The standard InChI is InChI=1S/C13H13FN2O4S/c1-13(12(17)18)4-5-16(8-13)21(19,20)10-2-3-11(14)9(6-10)7-15/h2-3,6H,4-5,8H2,1H3,(H,17,18). The van der Waals surface area contributed by atoms with Gasteiger partial charge in [-0.15, -0.1) is 0 Å². The molecule has 2 rings (SSSR count). The number of carboxylic acids is 1. The van der Waals surface area contributed by atoms with Gasteiger partial charge in [0.2, 0.25) is 10.0 Å². The van der Waals surface area contributed by atoms with E-state index >= 15 is 0 Å². The molecule has 1 aromatic rings. The average Bonchev–Trinajstić information content (AvgIpc) is 2.84. The zero-order valence-corrected chi connectivity index (χ0v) is 12.0. The molecule has 1 saturated heterocycles. The van der Waals surface area contributed by atoms with Gasteiger partial charge in [-0.3, -0.25) is 4.79 Å². The first kappa shape index (κ1) is 15.4. The van der Waals surface area contributed by atoms with E-state index in [4.69, 9.17) is 10.4 Å². The molecule has 0 radical (unpaired) electrons. The van der Waals surface area contributed by atoms with E-state index in [0.717, 1.165) is 22.5 Å². The quantitative estimate of drug-likeness (QED) is 0.903. The molecule has 1 aliphatic rings. The molecule has 1 fully saturated rings. The van der Waals surface area contributed by atoms with Gasteiger partial charge >= 0.3 is 5.97 Å². The van der Waals surface area contributed by atoms with Gasteiger partial charge in [-0.2, -0.15) is 9.57 Å². The van der Waals surface area contributed by atoms with Gasteiger partial charge in [-0.1, -0.05) is 0 Å². The molecule has 0 spiro atoms. The van der Waals surface area contributed by atoms with E-state index in [1.807, 2.05) is 0 Å². The fourth-order valence-corrected chi connectivity index (χ4v) is 3.79. The van der Waals surface area contributed by atoms with Gasteiger partial charge in [0.1, 0.15) is 11.9 Å². The van der Waals surface area contributed by atoms with Gasteiger partial charge in [0.25, 0.3) is 0 Å². The molecule has 1 aromatic carbocycles. The lowest BCUT2D eigenvalue weighted by molar-refractivity contribution is -0.146. The highest BCUT2D eigenvalue weighted by Gasteiger charge is 2.44. The second kappa shape index (κ2) is 5.09. The number of aliphatic carboxylic acids is 1. The molecule has 0 bridgehead atoms. The zero-order chi connectivity index (χ0) is 15.8. The third-order valence-electron chi connectivity index (χ3n) is 3.65. The second-order valence-electron chi connectivity index (χ2n) is 5.21. The smallest absolute Gasteiger partial charge is 0.310 e. The fourth-order valence-electron chi connectivity index (χ4n) is 2.20. The number of sulfonamides is 1. The second-order valence-corrected chi connectivity index (χ2v) is 7.15. The number of nitrogens with zero attached hydrogens (tertiary/aromatic N) is 2. The van der Waals surface area contributed by atoms with Crippen molar-refractivity contribution < 1.29 is 22.7 Å². The Morgan fingerprint density at radius 2 is 2.19 bits per heavy atom. The molecule has 0 saturated carbocycles. The topological polar surface area (TPSA) is 98.5 Å². The number of carbonyl (C=O) groups is 1. The highest BCUT2D eigenvalue weighted by Crippen LogP contribution is 2.33. The number of halogens is 1. The van der Waals surface area contributed by atoms with E-state index in [1.54, 1.807) is 6.07 Å².